The molecule has 3 nitrogen and oxygen atoms in total. The molecule has 0 bridgehead atoms. The van der Waals surface area contributed by atoms with Crippen LogP contribution in [0.1, 0.15) is 18.7 Å². The average molecular weight is 352 g/mol. The Morgan fingerprint density at radius 1 is 1.56 bits per heavy atom. The number of halogens is 1. The molecule has 1 rings (SSSR count). The summed E-state index contributed by atoms with van der Waals surface area (Å²) in [7, 11) is 0. The molecule has 0 aromatic carbocycles. The predicted molar refractivity (Wildman–Crippen MR) is 76.6 cm³/mol. The summed E-state index contributed by atoms with van der Waals surface area (Å²) in [6.45, 7) is 4.56. The molecule has 1 amide bonds. The Hall–Kier alpha value is -0.140. The number of amides is 1. The minimum absolute atomic E-state index is 0.0544. The van der Waals surface area contributed by atoms with E-state index in [1.807, 2.05) is 13.8 Å². The van der Waals surface area contributed by atoms with Crippen LogP contribution in [0.25, 0.3) is 0 Å². The van der Waals surface area contributed by atoms with Crippen LogP contribution in [0.15, 0.2) is 12.1 Å². The smallest absolute Gasteiger partial charge is 0.237 e. The standard InChI is InChI=1S/C11H17IN2OS/c1-7(2)10(13)11(15)14-6-5-8-3-4-9(12)16-8/h3-4,7,10H,5-6,13H2,1-2H3,(H,14,15)/t10-/m0/s1. The Balaban J connectivity index is 2.28. The van der Waals surface area contributed by atoms with Gasteiger partial charge in [0.15, 0.2) is 0 Å². The lowest BCUT2D eigenvalue weighted by Crippen LogP contribution is -2.44. The highest BCUT2D eigenvalue weighted by atomic mass is 127. The minimum Gasteiger partial charge on any atom is -0.354 e. The lowest BCUT2D eigenvalue weighted by Gasteiger charge is -2.14. The fourth-order valence-corrected chi connectivity index (χ4v) is 2.97. The van der Waals surface area contributed by atoms with Gasteiger partial charge in [0.1, 0.15) is 0 Å². The summed E-state index contributed by atoms with van der Waals surface area (Å²) in [4.78, 5) is 12.8. The third-order valence-electron chi connectivity index (χ3n) is 2.32. The number of thiophene rings is 1. The summed E-state index contributed by atoms with van der Waals surface area (Å²) in [6, 6.07) is 3.78. The van der Waals surface area contributed by atoms with E-state index in [0.29, 0.717) is 6.54 Å². The zero-order valence-corrected chi connectivity index (χ0v) is 12.5. The highest BCUT2D eigenvalue weighted by molar-refractivity contribution is 14.1. The van der Waals surface area contributed by atoms with Crippen molar-refractivity contribution >= 4 is 39.8 Å². The maximum absolute atomic E-state index is 11.5. The third kappa shape index (κ3) is 4.39. The molecule has 0 saturated carbocycles. The van der Waals surface area contributed by atoms with E-state index in [4.69, 9.17) is 5.73 Å². The van der Waals surface area contributed by atoms with Crippen LogP contribution in [0.4, 0.5) is 0 Å². The van der Waals surface area contributed by atoms with Gasteiger partial charge in [0, 0.05) is 11.4 Å². The molecule has 1 aromatic heterocycles. The van der Waals surface area contributed by atoms with Crippen LogP contribution in [-0.2, 0) is 11.2 Å². The van der Waals surface area contributed by atoms with Gasteiger partial charge >= 0.3 is 0 Å². The number of hydrogen-bond donors (Lipinski definition) is 2. The van der Waals surface area contributed by atoms with Crippen molar-refractivity contribution in [3.63, 3.8) is 0 Å². The number of carbonyl (C=O) groups excluding carboxylic acids is 1. The lowest BCUT2D eigenvalue weighted by molar-refractivity contribution is -0.123. The van der Waals surface area contributed by atoms with Crippen molar-refractivity contribution in [2.24, 2.45) is 11.7 Å². The normalized spacial score (nSPS) is 12.8. The summed E-state index contributed by atoms with van der Waals surface area (Å²) < 4.78 is 1.28. The van der Waals surface area contributed by atoms with E-state index in [1.54, 1.807) is 11.3 Å². The van der Waals surface area contributed by atoms with E-state index in [1.165, 1.54) is 7.76 Å². The first-order valence-electron chi connectivity index (χ1n) is 5.28. The van der Waals surface area contributed by atoms with E-state index < -0.39 is 6.04 Å². The Bertz CT molecular complexity index is 352. The highest BCUT2D eigenvalue weighted by Gasteiger charge is 2.16. The topological polar surface area (TPSA) is 55.1 Å². The van der Waals surface area contributed by atoms with Gasteiger partial charge in [-0.25, -0.2) is 0 Å². The molecule has 0 radical (unpaired) electrons. The van der Waals surface area contributed by atoms with E-state index in [-0.39, 0.29) is 11.8 Å². The molecule has 16 heavy (non-hydrogen) atoms. The monoisotopic (exact) mass is 352 g/mol. The molecular weight excluding hydrogens is 335 g/mol. The first-order chi connectivity index (χ1) is 7.50. The maximum atomic E-state index is 11.5. The zero-order chi connectivity index (χ0) is 12.1. The van der Waals surface area contributed by atoms with Gasteiger partial charge in [-0.15, -0.1) is 11.3 Å². The zero-order valence-electron chi connectivity index (χ0n) is 9.50. The van der Waals surface area contributed by atoms with Crippen molar-refractivity contribution in [1.82, 2.24) is 5.32 Å². The molecule has 0 aliphatic rings. The van der Waals surface area contributed by atoms with Crippen molar-refractivity contribution in [3.05, 3.63) is 19.9 Å². The van der Waals surface area contributed by atoms with Gasteiger partial charge in [-0.1, -0.05) is 13.8 Å². The number of nitrogens with two attached hydrogens (primary N) is 1. The summed E-state index contributed by atoms with van der Waals surface area (Å²) >= 11 is 4.05. The molecule has 0 saturated heterocycles. The summed E-state index contributed by atoms with van der Waals surface area (Å²) in [5.41, 5.74) is 5.73. The van der Waals surface area contributed by atoms with Gasteiger partial charge in [-0.2, -0.15) is 0 Å². The van der Waals surface area contributed by atoms with Gasteiger partial charge in [0.2, 0.25) is 5.91 Å². The van der Waals surface area contributed by atoms with Crippen LogP contribution in [-0.4, -0.2) is 18.5 Å². The predicted octanol–water partition coefficient (Wildman–Crippen LogP) is 1.99. The summed E-state index contributed by atoms with van der Waals surface area (Å²) in [5.74, 6) is 0.129. The molecule has 0 aliphatic carbocycles. The van der Waals surface area contributed by atoms with Gasteiger partial charge in [0.05, 0.1) is 8.93 Å². The SMILES string of the molecule is CC(C)[C@H](N)C(=O)NCCc1ccc(I)s1. The van der Waals surface area contributed by atoms with Crippen LogP contribution in [0.2, 0.25) is 0 Å². The van der Waals surface area contributed by atoms with Crippen molar-refractivity contribution in [2.75, 3.05) is 6.54 Å². The van der Waals surface area contributed by atoms with Crippen LogP contribution in [0.5, 0.6) is 0 Å². The van der Waals surface area contributed by atoms with Crippen LogP contribution in [0, 0.1) is 8.80 Å². The molecule has 0 unspecified atom stereocenters. The van der Waals surface area contributed by atoms with Crippen LogP contribution < -0.4 is 11.1 Å². The largest absolute Gasteiger partial charge is 0.354 e. The molecule has 0 spiro atoms. The fourth-order valence-electron chi connectivity index (χ4n) is 1.22. The van der Waals surface area contributed by atoms with E-state index >= 15 is 0 Å². The number of nitrogens with one attached hydrogen (secondary N) is 1. The maximum Gasteiger partial charge on any atom is 0.237 e. The molecule has 0 fully saturated rings. The van der Waals surface area contributed by atoms with Gasteiger partial charge in [-0.3, -0.25) is 4.79 Å². The average Bonchev–Trinajstić information content (AvgIpc) is 2.62. The molecule has 1 heterocycles. The van der Waals surface area contributed by atoms with Crippen LogP contribution >= 0.6 is 33.9 Å². The molecule has 1 atom stereocenters. The Morgan fingerprint density at radius 3 is 2.75 bits per heavy atom. The highest BCUT2D eigenvalue weighted by Crippen LogP contribution is 2.18. The number of carbonyl (C=O) groups is 1. The van der Waals surface area contributed by atoms with Crippen molar-refractivity contribution in [2.45, 2.75) is 26.3 Å². The van der Waals surface area contributed by atoms with Crippen molar-refractivity contribution < 1.29 is 4.79 Å². The van der Waals surface area contributed by atoms with Gasteiger partial charge in [-0.05, 0) is 47.1 Å². The quantitative estimate of drug-likeness (QED) is 0.797. The second-order valence-corrected chi connectivity index (χ2v) is 7.08. The molecule has 5 heteroatoms. The Labute approximate surface area is 114 Å². The molecular formula is C11H17IN2OS. The van der Waals surface area contributed by atoms with Crippen LogP contribution in [0.3, 0.4) is 0 Å². The molecule has 1 aromatic rings. The third-order valence-corrected chi connectivity index (χ3v) is 4.27. The Morgan fingerprint density at radius 2 is 2.25 bits per heavy atom. The molecule has 90 valence electrons. The van der Waals surface area contributed by atoms with Crippen molar-refractivity contribution in [3.8, 4) is 0 Å². The van der Waals surface area contributed by atoms with Gasteiger partial charge < -0.3 is 11.1 Å². The minimum atomic E-state index is -0.400. The second kappa shape index (κ2) is 6.56. The molecule has 0 aliphatic heterocycles. The lowest BCUT2D eigenvalue weighted by atomic mass is 10.1. The first-order valence-corrected chi connectivity index (χ1v) is 7.17. The van der Waals surface area contributed by atoms with Gasteiger partial charge in [0.25, 0.3) is 0 Å². The van der Waals surface area contributed by atoms with E-state index in [9.17, 15) is 4.79 Å². The summed E-state index contributed by atoms with van der Waals surface area (Å²) in [6.07, 6.45) is 0.879. The van der Waals surface area contributed by atoms with E-state index in [0.717, 1.165) is 6.42 Å². The van der Waals surface area contributed by atoms with E-state index in [2.05, 4.69) is 40.0 Å². The fraction of sp³-hybridized carbons (Fsp3) is 0.545. The number of hydrogen-bond acceptors (Lipinski definition) is 3. The second-order valence-electron chi connectivity index (χ2n) is 4.02. The van der Waals surface area contributed by atoms with Crippen molar-refractivity contribution in [1.29, 1.82) is 0 Å². The molecule has 3 N–H and O–H groups in total. The Kier molecular flexibility index (Phi) is 5.71. The first kappa shape index (κ1) is 13.9. The summed E-state index contributed by atoms with van der Waals surface area (Å²) in [5, 5.41) is 2.86. The number of rotatable bonds is 5.